The SMILES string of the molecule is CC1(C)c2cc(-c3ccc4c(c3)c3c5ccccc5ccc3n4-c3ccc(-c4ccccc4)cn3)ccc2-c2c1ccc1ccccc21. The zero-order chi connectivity index (χ0) is 32.0. The Morgan fingerprint density at radius 3 is 1.96 bits per heavy atom. The Morgan fingerprint density at radius 1 is 0.479 bits per heavy atom. The maximum absolute atomic E-state index is 5.02. The number of fused-ring (bicyclic) bond motifs is 10. The summed E-state index contributed by atoms with van der Waals surface area (Å²) in [5.74, 6) is 0.919. The Kier molecular flexibility index (Phi) is 5.66. The predicted octanol–water partition coefficient (Wildman–Crippen LogP) is 12.1. The molecule has 9 aromatic rings. The van der Waals surface area contributed by atoms with E-state index in [0.29, 0.717) is 0 Å². The van der Waals surface area contributed by atoms with Crippen molar-refractivity contribution in [3.8, 4) is 39.2 Å². The second-order valence-corrected chi connectivity index (χ2v) is 13.6. The molecular weight excluding hydrogens is 581 g/mol. The van der Waals surface area contributed by atoms with E-state index in [1.807, 2.05) is 12.3 Å². The maximum Gasteiger partial charge on any atom is 0.137 e. The minimum atomic E-state index is -0.0847. The van der Waals surface area contributed by atoms with Gasteiger partial charge < -0.3 is 0 Å². The van der Waals surface area contributed by atoms with Gasteiger partial charge in [-0.2, -0.15) is 0 Å². The van der Waals surface area contributed by atoms with Crippen LogP contribution in [0.1, 0.15) is 25.0 Å². The first-order valence-corrected chi connectivity index (χ1v) is 16.7. The van der Waals surface area contributed by atoms with Crippen molar-refractivity contribution in [1.29, 1.82) is 0 Å². The van der Waals surface area contributed by atoms with Crippen LogP contribution in [0.15, 0.2) is 158 Å². The van der Waals surface area contributed by atoms with Gasteiger partial charge in [0, 0.05) is 27.9 Å². The molecule has 48 heavy (non-hydrogen) atoms. The molecular formula is C46H32N2. The summed E-state index contributed by atoms with van der Waals surface area (Å²) >= 11 is 0. The Hall–Kier alpha value is -5.99. The van der Waals surface area contributed by atoms with E-state index in [1.165, 1.54) is 76.8 Å². The summed E-state index contributed by atoms with van der Waals surface area (Å²) in [6.07, 6.45) is 1.99. The van der Waals surface area contributed by atoms with Gasteiger partial charge in [-0.1, -0.05) is 129 Å². The van der Waals surface area contributed by atoms with Crippen molar-refractivity contribution >= 4 is 43.4 Å². The molecule has 0 N–H and O–H groups in total. The molecule has 7 aromatic carbocycles. The van der Waals surface area contributed by atoms with Crippen LogP contribution in [0.3, 0.4) is 0 Å². The van der Waals surface area contributed by atoms with E-state index in [0.717, 1.165) is 16.9 Å². The third-order valence-electron chi connectivity index (χ3n) is 10.6. The van der Waals surface area contributed by atoms with Crippen molar-refractivity contribution in [2.24, 2.45) is 0 Å². The van der Waals surface area contributed by atoms with E-state index < -0.39 is 0 Å². The topological polar surface area (TPSA) is 17.8 Å². The van der Waals surface area contributed by atoms with Gasteiger partial charge in [-0.3, -0.25) is 4.57 Å². The van der Waals surface area contributed by atoms with E-state index >= 15 is 0 Å². The molecule has 0 bridgehead atoms. The largest absolute Gasteiger partial charge is 0.294 e. The van der Waals surface area contributed by atoms with E-state index in [1.54, 1.807) is 0 Å². The number of nitrogens with zero attached hydrogens (tertiary/aromatic N) is 2. The van der Waals surface area contributed by atoms with Gasteiger partial charge in [0.2, 0.25) is 0 Å². The highest BCUT2D eigenvalue weighted by molar-refractivity contribution is 6.21. The second kappa shape index (κ2) is 10.0. The lowest BCUT2D eigenvalue weighted by Crippen LogP contribution is -2.15. The van der Waals surface area contributed by atoms with Gasteiger partial charge in [0.1, 0.15) is 5.82 Å². The fraction of sp³-hybridized carbons (Fsp3) is 0.0652. The maximum atomic E-state index is 5.02. The molecule has 1 aliphatic rings. The van der Waals surface area contributed by atoms with Crippen LogP contribution in [0.5, 0.6) is 0 Å². The Morgan fingerprint density at radius 2 is 1.15 bits per heavy atom. The number of rotatable bonds is 3. The van der Waals surface area contributed by atoms with Crippen molar-refractivity contribution in [2.45, 2.75) is 19.3 Å². The third-order valence-corrected chi connectivity index (χ3v) is 10.6. The van der Waals surface area contributed by atoms with Gasteiger partial charge in [0.15, 0.2) is 0 Å². The molecule has 226 valence electrons. The molecule has 2 nitrogen and oxygen atoms in total. The average molecular weight is 613 g/mol. The molecule has 2 heteroatoms. The monoisotopic (exact) mass is 612 g/mol. The summed E-state index contributed by atoms with van der Waals surface area (Å²) in [5, 5.41) is 7.63. The van der Waals surface area contributed by atoms with Gasteiger partial charge in [0.05, 0.1) is 11.0 Å². The normalized spacial score (nSPS) is 13.4. The smallest absolute Gasteiger partial charge is 0.137 e. The van der Waals surface area contributed by atoms with Crippen LogP contribution in [0.4, 0.5) is 0 Å². The lowest BCUT2D eigenvalue weighted by molar-refractivity contribution is 0.661. The first-order valence-electron chi connectivity index (χ1n) is 16.7. The fourth-order valence-electron chi connectivity index (χ4n) is 8.22. The number of hydrogen-bond donors (Lipinski definition) is 0. The van der Waals surface area contributed by atoms with Crippen LogP contribution in [0, 0.1) is 0 Å². The summed E-state index contributed by atoms with van der Waals surface area (Å²) in [6, 6.07) is 55.4. The molecule has 2 aromatic heterocycles. The fourth-order valence-corrected chi connectivity index (χ4v) is 8.22. The third kappa shape index (κ3) is 3.83. The predicted molar refractivity (Wildman–Crippen MR) is 202 cm³/mol. The highest BCUT2D eigenvalue weighted by Gasteiger charge is 2.36. The van der Waals surface area contributed by atoms with Crippen molar-refractivity contribution < 1.29 is 0 Å². The Balaban J connectivity index is 1.17. The molecule has 0 saturated heterocycles. The molecule has 0 unspecified atom stereocenters. The van der Waals surface area contributed by atoms with E-state index in [9.17, 15) is 0 Å². The molecule has 1 aliphatic carbocycles. The van der Waals surface area contributed by atoms with Crippen LogP contribution in [-0.2, 0) is 5.41 Å². The van der Waals surface area contributed by atoms with E-state index in [2.05, 4.69) is 164 Å². The van der Waals surface area contributed by atoms with Gasteiger partial charge in [0.25, 0.3) is 0 Å². The number of hydrogen-bond acceptors (Lipinski definition) is 1. The van der Waals surface area contributed by atoms with Crippen LogP contribution in [0.25, 0.3) is 82.5 Å². The molecule has 0 amide bonds. The molecule has 0 spiro atoms. The highest BCUT2D eigenvalue weighted by Crippen LogP contribution is 2.52. The minimum absolute atomic E-state index is 0.0847. The van der Waals surface area contributed by atoms with E-state index in [4.69, 9.17) is 4.98 Å². The first-order chi connectivity index (χ1) is 23.6. The van der Waals surface area contributed by atoms with Gasteiger partial charge in [-0.15, -0.1) is 0 Å². The highest BCUT2D eigenvalue weighted by atomic mass is 15.1. The van der Waals surface area contributed by atoms with Gasteiger partial charge >= 0.3 is 0 Å². The molecule has 0 atom stereocenters. The zero-order valence-electron chi connectivity index (χ0n) is 26.9. The van der Waals surface area contributed by atoms with Crippen LogP contribution >= 0.6 is 0 Å². The van der Waals surface area contributed by atoms with Crippen molar-refractivity contribution in [3.05, 3.63) is 169 Å². The van der Waals surface area contributed by atoms with Gasteiger partial charge in [-0.25, -0.2) is 4.98 Å². The molecule has 2 heterocycles. The number of aromatic nitrogens is 2. The number of benzene rings is 7. The number of pyridine rings is 1. The Bertz CT molecular complexity index is 2730. The summed E-state index contributed by atoms with van der Waals surface area (Å²) < 4.78 is 2.32. The molecule has 0 saturated carbocycles. The quantitative estimate of drug-likeness (QED) is 0.194. The Labute approximate surface area is 279 Å². The summed E-state index contributed by atoms with van der Waals surface area (Å²) in [7, 11) is 0. The van der Waals surface area contributed by atoms with Crippen LogP contribution < -0.4 is 0 Å². The van der Waals surface area contributed by atoms with Crippen molar-refractivity contribution in [2.75, 3.05) is 0 Å². The first kappa shape index (κ1) is 27.2. The van der Waals surface area contributed by atoms with Crippen molar-refractivity contribution in [1.82, 2.24) is 9.55 Å². The standard InChI is InChI=1S/C46H32N2/c1-46(2)39-22-17-30-12-6-8-14-35(30)44(39)37-21-16-33(27-40(37)46)32-19-23-41-38(26-32)45-36-15-9-7-13-31(36)18-24-42(45)48(41)43-25-20-34(28-47-43)29-10-4-3-5-11-29/h3-28H,1-2H3. The van der Waals surface area contributed by atoms with Crippen LogP contribution in [-0.4, -0.2) is 9.55 Å². The second-order valence-electron chi connectivity index (χ2n) is 13.6. The molecule has 10 rings (SSSR count). The molecule has 0 fully saturated rings. The summed E-state index contributed by atoms with van der Waals surface area (Å²) in [4.78, 5) is 5.02. The summed E-state index contributed by atoms with van der Waals surface area (Å²) in [5.41, 5.74) is 12.5. The molecule has 0 radical (unpaired) electrons. The van der Waals surface area contributed by atoms with Gasteiger partial charge in [-0.05, 0) is 96.9 Å². The zero-order valence-corrected chi connectivity index (χ0v) is 26.9. The van der Waals surface area contributed by atoms with Crippen LogP contribution in [0.2, 0.25) is 0 Å². The summed E-state index contributed by atoms with van der Waals surface area (Å²) in [6.45, 7) is 4.74. The lowest BCUT2D eigenvalue weighted by atomic mass is 9.81. The lowest BCUT2D eigenvalue weighted by Gasteiger charge is -2.22. The molecule has 0 aliphatic heterocycles. The minimum Gasteiger partial charge on any atom is -0.294 e. The van der Waals surface area contributed by atoms with Crippen molar-refractivity contribution in [3.63, 3.8) is 0 Å². The van der Waals surface area contributed by atoms with E-state index in [-0.39, 0.29) is 5.41 Å². The average Bonchev–Trinajstić information content (AvgIpc) is 3.60.